The highest BCUT2D eigenvalue weighted by molar-refractivity contribution is 5.29. The third-order valence-electron chi connectivity index (χ3n) is 2.45. The zero-order valence-corrected chi connectivity index (χ0v) is 9.48. The Morgan fingerprint density at radius 2 is 2.06 bits per heavy atom. The molecular weight excluding hydrogens is 208 g/mol. The summed E-state index contributed by atoms with van der Waals surface area (Å²) in [6, 6.07) is 2.02. The zero-order valence-electron chi connectivity index (χ0n) is 9.48. The Labute approximate surface area is 94.7 Å². The average Bonchev–Trinajstić information content (AvgIpc) is 2.24. The predicted molar refractivity (Wildman–Crippen MR) is 60.7 cm³/mol. The fourth-order valence-corrected chi connectivity index (χ4v) is 1.52. The maximum atomic E-state index is 13.7. The van der Waals surface area contributed by atoms with Gasteiger partial charge in [0.05, 0.1) is 0 Å². The highest BCUT2D eigenvalue weighted by atomic mass is 19.1. The van der Waals surface area contributed by atoms with Gasteiger partial charge in [-0.15, -0.1) is 11.8 Å². The molecule has 1 aromatic rings. The largest absolute Gasteiger partial charge is 0.324 e. The molecule has 2 N–H and O–H groups in total. The molecule has 0 radical (unpaired) electrons. The minimum Gasteiger partial charge on any atom is -0.324 e. The molecule has 0 saturated heterocycles. The molecule has 0 amide bonds. The number of hydrogen-bond acceptors (Lipinski definition) is 1. The predicted octanol–water partition coefficient (Wildman–Crippen LogP) is 3.08. The maximum Gasteiger partial charge on any atom is 0.133 e. The Hall–Kier alpha value is -1.40. The lowest BCUT2D eigenvalue weighted by Gasteiger charge is -2.13. The van der Waals surface area contributed by atoms with E-state index in [9.17, 15) is 8.78 Å². The van der Waals surface area contributed by atoms with E-state index in [4.69, 9.17) is 5.73 Å². The molecule has 0 saturated carbocycles. The van der Waals surface area contributed by atoms with Crippen LogP contribution in [0.15, 0.2) is 12.1 Å². The monoisotopic (exact) mass is 223 g/mol. The summed E-state index contributed by atoms with van der Waals surface area (Å²) < 4.78 is 27.1. The van der Waals surface area contributed by atoms with E-state index in [0.717, 1.165) is 0 Å². The van der Waals surface area contributed by atoms with Gasteiger partial charge in [0.25, 0.3) is 0 Å². The molecule has 86 valence electrons. The molecule has 3 heteroatoms. The van der Waals surface area contributed by atoms with E-state index in [2.05, 4.69) is 11.8 Å². The molecule has 0 aromatic heterocycles. The van der Waals surface area contributed by atoms with Gasteiger partial charge in [-0.25, -0.2) is 8.78 Å². The molecule has 1 atom stereocenters. The van der Waals surface area contributed by atoms with Crippen LogP contribution >= 0.6 is 0 Å². The van der Waals surface area contributed by atoms with Crippen LogP contribution < -0.4 is 5.73 Å². The van der Waals surface area contributed by atoms with Crippen molar-refractivity contribution in [3.63, 3.8) is 0 Å². The van der Waals surface area contributed by atoms with Gasteiger partial charge in [0.15, 0.2) is 0 Å². The fraction of sp³-hybridized carbons (Fsp3) is 0.385. The van der Waals surface area contributed by atoms with Crippen molar-refractivity contribution in [1.29, 1.82) is 0 Å². The van der Waals surface area contributed by atoms with Crippen LogP contribution in [0, 0.1) is 30.4 Å². The van der Waals surface area contributed by atoms with E-state index in [1.54, 1.807) is 13.8 Å². The number of halogens is 2. The molecule has 0 aliphatic carbocycles. The van der Waals surface area contributed by atoms with Crippen molar-refractivity contribution in [3.05, 3.63) is 34.9 Å². The molecule has 1 aromatic carbocycles. The van der Waals surface area contributed by atoms with Crippen LogP contribution in [0.5, 0.6) is 0 Å². The molecule has 0 bridgehead atoms. The highest BCUT2D eigenvalue weighted by Crippen LogP contribution is 2.24. The average molecular weight is 223 g/mol. The van der Waals surface area contributed by atoms with Crippen molar-refractivity contribution in [2.24, 2.45) is 5.73 Å². The standard InChI is InChI=1S/C13H15F2N/c1-3-4-5-6-11(16)12-10(14)8-7-9(2)13(12)15/h7-8,11H,5-6,16H2,1-2H3. The summed E-state index contributed by atoms with van der Waals surface area (Å²) in [7, 11) is 0. The third-order valence-corrected chi connectivity index (χ3v) is 2.45. The summed E-state index contributed by atoms with van der Waals surface area (Å²) >= 11 is 0. The topological polar surface area (TPSA) is 26.0 Å². The first-order chi connectivity index (χ1) is 7.57. The molecule has 16 heavy (non-hydrogen) atoms. The smallest absolute Gasteiger partial charge is 0.133 e. The number of rotatable bonds is 3. The lowest BCUT2D eigenvalue weighted by molar-refractivity contribution is 0.511. The van der Waals surface area contributed by atoms with E-state index >= 15 is 0 Å². The van der Waals surface area contributed by atoms with Gasteiger partial charge in [-0.05, 0) is 31.9 Å². The van der Waals surface area contributed by atoms with Crippen LogP contribution in [0.1, 0.15) is 36.9 Å². The number of aryl methyl sites for hydroxylation is 1. The Bertz CT molecular complexity index is 430. The second kappa shape index (κ2) is 5.62. The van der Waals surface area contributed by atoms with Crippen LogP contribution in [0.4, 0.5) is 8.78 Å². The Morgan fingerprint density at radius 3 is 2.69 bits per heavy atom. The molecule has 0 spiro atoms. The zero-order chi connectivity index (χ0) is 12.1. The maximum absolute atomic E-state index is 13.7. The van der Waals surface area contributed by atoms with Gasteiger partial charge in [0.1, 0.15) is 11.6 Å². The summed E-state index contributed by atoms with van der Waals surface area (Å²) in [5.41, 5.74) is 6.14. The summed E-state index contributed by atoms with van der Waals surface area (Å²) in [4.78, 5) is 0. The van der Waals surface area contributed by atoms with E-state index in [1.165, 1.54) is 12.1 Å². The van der Waals surface area contributed by atoms with E-state index < -0.39 is 17.7 Å². The number of nitrogens with two attached hydrogens (primary N) is 1. The van der Waals surface area contributed by atoms with E-state index in [1.807, 2.05) is 0 Å². The number of benzene rings is 1. The van der Waals surface area contributed by atoms with E-state index in [-0.39, 0.29) is 5.56 Å². The summed E-state index contributed by atoms with van der Waals surface area (Å²) in [6.45, 7) is 3.32. The SMILES string of the molecule is CC#CCCC(N)c1c(F)ccc(C)c1F. The van der Waals surface area contributed by atoms with Gasteiger partial charge >= 0.3 is 0 Å². The molecule has 0 aliphatic heterocycles. The fourth-order valence-electron chi connectivity index (χ4n) is 1.52. The second-order valence-electron chi connectivity index (χ2n) is 3.66. The molecule has 1 unspecified atom stereocenters. The van der Waals surface area contributed by atoms with Gasteiger partial charge < -0.3 is 5.73 Å². The van der Waals surface area contributed by atoms with Gasteiger partial charge in [-0.3, -0.25) is 0 Å². The highest BCUT2D eigenvalue weighted by Gasteiger charge is 2.17. The molecule has 0 heterocycles. The van der Waals surface area contributed by atoms with Crippen molar-refractivity contribution < 1.29 is 8.78 Å². The van der Waals surface area contributed by atoms with Gasteiger partial charge in [0, 0.05) is 18.0 Å². The van der Waals surface area contributed by atoms with Gasteiger partial charge in [0.2, 0.25) is 0 Å². The minimum absolute atomic E-state index is 0.0297. The lowest BCUT2D eigenvalue weighted by atomic mass is 9.99. The first-order valence-corrected chi connectivity index (χ1v) is 5.17. The summed E-state index contributed by atoms with van der Waals surface area (Å²) in [6.07, 6.45) is 1.00. The van der Waals surface area contributed by atoms with Crippen LogP contribution in [0.2, 0.25) is 0 Å². The first-order valence-electron chi connectivity index (χ1n) is 5.17. The molecule has 1 nitrogen and oxygen atoms in total. The van der Waals surface area contributed by atoms with Crippen molar-refractivity contribution in [2.75, 3.05) is 0 Å². The summed E-state index contributed by atoms with van der Waals surface area (Å²) in [5, 5.41) is 0. The van der Waals surface area contributed by atoms with Crippen LogP contribution in [0.3, 0.4) is 0 Å². The second-order valence-corrected chi connectivity index (χ2v) is 3.66. The van der Waals surface area contributed by atoms with Crippen molar-refractivity contribution in [2.45, 2.75) is 32.7 Å². The third kappa shape index (κ3) is 2.80. The van der Waals surface area contributed by atoms with Crippen LogP contribution in [0.25, 0.3) is 0 Å². The van der Waals surface area contributed by atoms with Crippen molar-refractivity contribution >= 4 is 0 Å². The molecule has 1 rings (SSSR count). The lowest BCUT2D eigenvalue weighted by Crippen LogP contribution is -2.14. The van der Waals surface area contributed by atoms with Crippen molar-refractivity contribution in [3.8, 4) is 11.8 Å². The normalized spacial score (nSPS) is 11.8. The molecule has 0 fully saturated rings. The quantitative estimate of drug-likeness (QED) is 0.783. The Kier molecular flexibility index (Phi) is 4.45. The van der Waals surface area contributed by atoms with Crippen LogP contribution in [-0.4, -0.2) is 0 Å². The van der Waals surface area contributed by atoms with Crippen molar-refractivity contribution in [1.82, 2.24) is 0 Å². The summed E-state index contributed by atoms with van der Waals surface area (Å²) in [5.74, 6) is 4.42. The molecular formula is C13H15F2N. The van der Waals surface area contributed by atoms with Crippen LogP contribution in [-0.2, 0) is 0 Å². The van der Waals surface area contributed by atoms with Gasteiger partial charge in [-0.1, -0.05) is 6.07 Å². The Morgan fingerprint density at radius 1 is 1.38 bits per heavy atom. The van der Waals surface area contributed by atoms with E-state index in [0.29, 0.717) is 18.4 Å². The first kappa shape index (κ1) is 12.7. The Balaban J connectivity index is 2.92. The number of hydrogen-bond donors (Lipinski definition) is 1. The minimum atomic E-state index is -0.638. The van der Waals surface area contributed by atoms with Gasteiger partial charge in [-0.2, -0.15) is 0 Å². The molecule has 0 aliphatic rings.